The minimum atomic E-state index is -0.723. The summed E-state index contributed by atoms with van der Waals surface area (Å²) in [6, 6.07) is 34.5. The molecule has 0 radical (unpaired) electrons. The largest absolute Gasteiger partial charge is 0.354 e. The first kappa shape index (κ1) is 25.8. The highest BCUT2D eigenvalue weighted by atomic mass is 19.1. The first-order valence-electron chi connectivity index (χ1n) is 12.5. The van der Waals surface area contributed by atoms with E-state index in [9.17, 15) is 14.0 Å². The van der Waals surface area contributed by atoms with Crippen LogP contribution in [0, 0.1) is 5.82 Å². The van der Waals surface area contributed by atoms with Crippen molar-refractivity contribution in [2.75, 3.05) is 6.54 Å². The van der Waals surface area contributed by atoms with Crippen molar-refractivity contribution in [1.29, 1.82) is 0 Å². The molecule has 1 atom stereocenters. The van der Waals surface area contributed by atoms with E-state index in [1.165, 1.54) is 12.1 Å². The lowest BCUT2D eigenvalue weighted by atomic mass is 10.0. The van der Waals surface area contributed by atoms with E-state index in [4.69, 9.17) is 0 Å². The zero-order valence-electron chi connectivity index (χ0n) is 20.7. The van der Waals surface area contributed by atoms with E-state index in [-0.39, 0.29) is 30.6 Å². The van der Waals surface area contributed by atoms with Crippen molar-refractivity contribution in [2.24, 2.45) is 0 Å². The van der Waals surface area contributed by atoms with Crippen LogP contribution in [-0.4, -0.2) is 29.3 Å². The number of benzene rings is 4. The Labute approximate surface area is 217 Å². The van der Waals surface area contributed by atoms with E-state index in [2.05, 4.69) is 5.32 Å². The summed E-state index contributed by atoms with van der Waals surface area (Å²) < 4.78 is 13.6. The summed E-state index contributed by atoms with van der Waals surface area (Å²) in [7, 11) is 0. The van der Waals surface area contributed by atoms with Gasteiger partial charge in [0.15, 0.2) is 0 Å². The lowest BCUT2D eigenvalue weighted by Gasteiger charge is -2.31. The maximum atomic E-state index is 13.7. The second kappa shape index (κ2) is 13.2. The van der Waals surface area contributed by atoms with E-state index in [1.807, 2.05) is 91.0 Å². The van der Waals surface area contributed by atoms with Crippen molar-refractivity contribution >= 4 is 11.8 Å². The molecule has 0 aromatic heterocycles. The standard InChI is InChI=1S/C32H31FN2O2/c33-29-18-16-28(17-19-29)24-35(31(36)23-27-14-8-3-9-15-27)30(22-26-12-6-2-7-13-26)32(37)34-21-20-25-10-4-1-5-11-25/h1-19,30H,20-24H2,(H,34,37)/t30-/m0/s1. The molecule has 0 bridgehead atoms. The molecule has 4 nitrogen and oxygen atoms in total. The molecule has 0 saturated carbocycles. The maximum absolute atomic E-state index is 13.7. The van der Waals surface area contributed by atoms with Crippen molar-refractivity contribution in [3.05, 3.63) is 143 Å². The average molecular weight is 495 g/mol. The predicted molar refractivity (Wildman–Crippen MR) is 144 cm³/mol. The second-order valence-corrected chi connectivity index (χ2v) is 9.04. The third kappa shape index (κ3) is 7.87. The first-order valence-corrected chi connectivity index (χ1v) is 12.5. The van der Waals surface area contributed by atoms with Gasteiger partial charge in [0.2, 0.25) is 11.8 Å². The number of amides is 2. The Hall–Kier alpha value is -4.25. The molecule has 37 heavy (non-hydrogen) atoms. The molecule has 4 aromatic rings. The molecule has 1 N–H and O–H groups in total. The van der Waals surface area contributed by atoms with Gasteiger partial charge in [-0.2, -0.15) is 0 Å². The molecular weight excluding hydrogens is 463 g/mol. The fraction of sp³-hybridized carbons (Fsp3) is 0.188. The number of hydrogen-bond donors (Lipinski definition) is 1. The van der Waals surface area contributed by atoms with E-state index in [0.29, 0.717) is 19.4 Å². The van der Waals surface area contributed by atoms with E-state index in [0.717, 1.165) is 22.3 Å². The summed E-state index contributed by atoms with van der Waals surface area (Å²) in [5, 5.41) is 3.05. The van der Waals surface area contributed by atoms with E-state index >= 15 is 0 Å². The number of nitrogens with zero attached hydrogens (tertiary/aromatic N) is 1. The molecule has 5 heteroatoms. The molecule has 0 heterocycles. The molecular formula is C32H31FN2O2. The summed E-state index contributed by atoms with van der Waals surface area (Å²) in [4.78, 5) is 28.9. The number of halogens is 1. The summed E-state index contributed by atoms with van der Waals surface area (Å²) in [6.45, 7) is 0.668. The van der Waals surface area contributed by atoms with Crippen LogP contribution >= 0.6 is 0 Å². The highest BCUT2D eigenvalue weighted by Crippen LogP contribution is 2.17. The van der Waals surface area contributed by atoms with Crippen molar-refractivity contribution in [3.8, 4) is 0 Å². The summed E-state index contributed by atoms with van der Waals surface area (Å²) in [5.41, 5.74) is 3.73. The van der Waals surface area contributed by atoms with Gasteiger partial charge in [-0.3, -0.25) is 9.59 Å². The van der Waals surface area contributed by atoms with Gasteiger partial charge >= 0.3 is 0 Å². The predicted octanol–water partition coefficient (Wildman–Crippen LogP) is 5.37. The minimum absolute atomic E-state index is 0.158. The number of carbonyl (C=O) groups excluding carboxylic acids is 2. The van der Waals surface area contributed by atoms with Gasteiger partial charge in [-0.1, -0.05) is 103 Å². The van der Waals surface area contributed by atoms with Crippen LogP contribution in [0.4, 0.5) is 4.39 Å². The van der Waals surface area contributed by atoms with Gasteiger partial charge in [0.05, 0.1) is 6.42 Å². The van der Waals surface area contributed by atoms with Crippen molar-refractivity contribution in [1.82, 2.24) is 10.2 Å². The average Bonchev–Trinajstić information content (AvgIpc) is 2.93. The molecule has 188 valence electrons. The van der Waals surface area contributed by atoms with E-state index < -0.39 is 6.04 Å². The molecule has 2 amide bonds. The third-order valence-corrected chi connectivity index (χ3v) is 6.29. The van der Waals surface area contributed by atoms with Gasteiger partial charge in [0.25, 0.3) is 0 Å². The van der Waals surface area contributed by atoms with Crippen LogP contribution in [0.2, 0.25) is 0 Å². The molecule has 0 saturated heterocycles. The quantitative estimate of drug-likeness (QED) is 0.305. The Kier molecular flexibility index (Phi) is 9.19. The monoisotopic (exact) mass is 494 g/mol. The van der Waals surface area contributed by atoms with Crippen LogP contribution in [0.15, 0.2) is 115 Å². The van der Waals surface area contributed by atoms with Crippen molar-refractivity contribution in [3.63, 3.8) is 0 Å². The fourth-order valence-corrected chi connectivity index (χ4v) is 4.31. The minimum Gasteiger partial charge on any atom is -0.354 e. The Bertz CT molecular complexity index is 1260. The molecule has 4 aromatic carbocycles. The van der Waals surface area contributed by atoms with Gasteiger partial charge in [-0.15, -0.1) is 0 Å². The number of nitrogens with one attached hydrogen (secondary N) is 1. The molecule has 0 unspecified atom stereocenters. The number of carbonyl (C=O) groups is 2. The van der Waals surface area contributed by atoms with Gasteiger partial charge in [0.1, 0.15) is 11.9 Å². The summed E-state index contributed by atoms with van der Waals surface area (Å²) >= 11 is 0. The van der Waals surface area contributed by atoms with Crippen LogP contribution in [0.1, 0.15) is 22.3 Å². The lowest BCUT2D eigenvalue weighted by Crippen LogP contribution is -2.51. The van der Waals surface area contributed by atoms with Gasteiger partial charge in [-0.05, 0) is 40.8 Å². The highest BCUT2D eigenvalue weighted by Gasteiger charge is 2.30. The molecule has 4 rings (SSSR count). The Morgan fingerprint density at radius 2 is 1.22 bits per heavy atom. The summed E-state index contributed by atoms with van der Waals surface area (Å²) in [6.07, 6.45) is 1.24. The maximum Gasteiger partial charge on any atom is 0.243 e. The van der Waals surface area contributed by atoms with Crippen LogP contribution in [-0.2, 0) is 35.4 Å². The molecule has 0 fully saturated rings. The number of hydrogen-bond acceptors (Lipinski definition) is 2. The fourth-order valence-electron chi connectivity index (χ4n) is 4.31. The number of rotatable bonds is 11. The SMILES string of the molecule is O=C(NCCc1ccccc1)[C@H](Cc1ccccc1)N(Cc1ccc(F)cc1)C(=O)Cc1ccccc1. The Morgan fingerprint density at radius 1 is 0.676 bits per heavy atom. The van der Waals surface area contributed by atoms with Gasteiger partial charge in [0, 0.05) is 19.5 Å². The van der Waals surface area contributed by atoms with Crippen LogP contribution in [0.25, 0.3) is 0 Å². The highest BCUT2D eigenvalue weighted by molar-refractivity contribution is 5.88. The third-order valence-electron chi connectivity index (χ3n) is 6.29. The second-order valence-electron chi connectivity index (χ2n) is 9.04. The van der Waals surface area contributed by atoms with Gasteiger partial charge in [-0.25, -0.2) is 4.39 Å². The van der Waals surface area contributed by atoms with Crippen molar-refractivity contribution < 1.29 is 14.0 Å². The Balaban J connectivity index is 1.59. The normalized spacial score (nSPS) is 11.5. The van der Waals surface area contributed by atoms with E-state index in [1.54, 1.807) is 17.0 Å². The topological polar surface area (TPSA) is 49.4 Å². The zero-order chi connectivity index (χ0) is 25.9. The van der Waals surface area contributed by atoms with Crippen LogP contribution < -0.4 is 5.32 Å². The lowest BCUT2D eigenvalue weighted by molar-refractivity contribution is -0.140. The molecule has 0 aliphatic carbocycles. The first-order chi connectivity index (χ1) is 18.1. The smallest absolute Gasteiger partial charge is 0.243 e. The zero-order valence-corrected chi connectivity index (χ0v) is 20.7. The van der Waals surface area contributed by atoms with Crippen LogP contribution in [0.5, 0.6) is 0 Å². The van der Waals surface area contributed by atoms with Crippen molar-refractivity contribution in [2.45, 2.75) is 31.8 Å². The molecule has 0 aliphatic rings. The summed E-state index contributed by atoms with van der Waals surface area (Å²) in [5.74, 6) is -0.705. The molecule has 0 spiro atoms. The molecule has 0 aliphatic heterocycles. The van der Waals surface area contributed by atoms with Gasteiger partial charge < -0.3 is 10.2 Å². The Morgan fingerprint density at radius 3 is 1.81 bits per heavy atom. The van der Waals surface area contributed by atoms with Crippen LogP contribution in [0.3, 0.4) is 0 Å².